The molecule has 1 aliphatic heterocycles. The van der Waals surface area contributed by atoms with Crippen molar-refractivity contribution in [1.29, 1.82) is 5.26 Å². The van der Waals surface area contributed by atoms with Crippen molar-refractivity contribution in [2.75, 3.05) is 18.9 Å². The third kappa shape index (κ3) is 4.62. The number of fused-ring (bicyclic) bond motifs is 2. The van der Waals surface area contributed by atoms with Gasteiger partial charge in [-0.25, -0.2) is 4.98 Å². The second-order valence-corrected chi connectivity index (χ2v) is 7.88. The van der Waals surface area contributed by atoms with Gasteiger partial charge in [-0.1, -0.05) is 12.1 Å². The van der Waals surface area contributed by atoms with E-state index in [0.717, 1.165) is 11.0 Å². The Bertz CT molecular complexity index is 1240. The number of aromatic amines is 1. The monoisotopic (exact) mass is 446 g/mol. The minimum atomic E-state index is -1.08. The van der Waals surface area contributed by atoms with E-state index in [0.29, 0.717) is 22.6 Å². The number of aromatic nitrogens is 2. The summed E-state index contributed by atoms with van der Waals surface area (Å²) in [5.74, 6) is -1.20. The summed E-state index contributed by atoms with van der Waals surface area (Å²) in [5.41, 5.74) is 3.26. The second kappa shape index (κ2) is 9.00. The van der Waals surface area contributed by atoms with E-state index in [1.807, 2.05) is 30.3 Å². The smallest absolute Gasteiger partial charge is 0.305 e. The Morgan fingerprint density at radius 1 is 1.30 bits per heavy atom. The van der Waals surface area contributed by atoms with Gasteiger partial charge in [0.05, 0.1) is 30.1 Å². The molecular weight excluding hydrogens is 424 g/mol. The molecule has 1 atom stereocenters. The van der Waals surface area contributed by atoms with Crippen LogP contribution in [0, 0.1) is 11.3 Å². The number of carboxylic acid groups (broad SMARTS) is 1. The fourth-order valence-corrected chi connectivity index (χ4v) is 3.89. The van der Waals surface area contributed by atoms with Gasteiger partial charge in [-0.15, -0.1) is 0 Å². The first-order valence-electron chi connectivity index (χ1n) is 10.3. The predicted molar refractivity (Wildman–Crippen MR) is 119 cm³/mol. The normalized spacial score (nSPS) is 15.3. The summed E-state index contributed by atoms with van der Waals surface area (Å²) in [4.78, 5) is 47.4. The first kappa shape index (κ1) is 21.8. The standard InChI is InChI=1S/C23H22N6O4/c1-28-12-15-10-14(6-7-16(15)25-19(23(28)33)11-21(30)31)22(32)29(9-8-24)13-20-26-17-4-2-3-5-18(17)27-20/h2-7,10,19,25H,9,11-13H2,1H3,(H,26,27)(H,30,31)/t19-/m0/s1. The number of aliphatic carboxylic acids is 1. The number of nitrogens with zero attached hydrogens (tertiary/aromatic N) is 4. The number of imidazole rings is 1. The molecule has 0 unspecified atom stereocenters. The van der Waals surface area contributed by atoms with Crippen molar-refractivity contribution < 1.29 is 19.5 Å². The number of anilines is 1. The lowest BCUT2D eigenvalue weighted by atomic mass is 10.1. The minimum absolute atomic E-state index is 0.121. The van der Waals surface area contributed by atoms with E-state index in [-0.39, 0.29) is 37.9 Å². The Kier molecular flexibility index (Phi) is 5.95. The van der Waals surface area contributed by atoms with Crippen LogP contribution in [0.2, 0.25) is 0 Å². The number of carbonyl (C=O) groups is 3. The van der Waals surface area contributed by atoms with Gasteiger partial charge in [0.25, 0.3) is 5.91 Å². The Morgan fingerprint density at radius 3 is 2.82 bits per heavy atom. The van der Waals surface area contributed by atoms with Crippen LogP contribution in [0.15, 0.2) is 42.5 Å². The van der Waals surface area contributed by atoms with Crippen molar-refractivity contribution >= 4 is 34.5 Å². The van der Waals surface area contributed by atoms with E-state index in [1.54, 1.807) is 25.2 Å². The van der Waals surface area contributed by atoms with Crippen LogP contribution in [0.3, 0.4) is 0 Å². The summed E-state index contributed by atoms with van der Waals surface area (Å²) in [6.07, 6.45) is -0.350. The summed E-state index contributed by atoms with van der Waals surface area (Å²) in [6.45, 7) is 0.236. The van der Waals surface area contributed by atoms with Crippen LogP contribution in [-0.4, -0.2) is 62.3 Å². The quantitative estimate of drug-likeness (QED) is 0.491. The van der Waals surface area contributed by atoms with E-state index in [9.17, 15) is 19.6 Å². The first-order chi connectivity index (χ1) is 15.9. The summed E-state index contributed by atoms with van der Waals surface area (Å²) < 4.78 is 0. The number of amides is 2. The zero-order valence-electron chi connectivity index (χ0n) is 17.9. The van der Waals surface area contributed by atoms with Crippen LogP contribution in [0.25, 0.3) is 11.0 Å². The highest BCUT2D eigenvalue weighted by atomic mass is 16.4. The van der Waals surface area contributed by atoms with Gasteiger partial charge >= 0.3 is 5.97 Å². The van der Waals surface area contributed by atoms with Crippen LogP contribution < -0.4 is 5.32 Å². The maximum Gasteiger partial charge on any atom is 0.305 e. The second-order valence-electron chi connectivity index (χ2n) is 7.88. The van der Waals surface area contributed by atoms with Crippen molar-refractivity contribution in [3.8, 4) is 6.07 Å². The van der Waals surface area contributed by atoms with Crippen LogP contribution >= 0.6 is 0 Å². The maximum atomic E-state index is 13.2. The number of nitriles is 1. The van der Waals surface area contributed by atoms with E-state index < -0.39 is 12.0 Å². The van der Waals surface area contributed by atoms with E-state index in [2.05, 4.69) is 15.3 Å². The molecule has 2 amide bonds. The number of H-pyrrole nitrogens is 1. The van der Waals surface area contributed by atoms with Crippen molar-refractivity contribution in [1.82, 2.24) is 19.8 Å². The van der Waals surface area contributed by atoms with Crippen LogP contribution in [-0.2, 0) is 22.7 Å². The molecule has 33 heavy (non-hydrogen) atoms. The van der Waals surface area contributed by atoms with Crippen molar-refractivity contribution in [2.45, 2.75) is 25.6 Å². The summed E-state index contributed by atoms with van der Waals surface area (Å²) >= 11 is 0. The summed E-state index contributed by atoms with van der Waals surface area (Å²) in [5, 5.41) is 21.4. The summed E-state index contributed by atoms with van der Waals surface area (Å²) in [7, 11) is 1.59. The highest BCUT2D eigenvalue weighted by Gasteiger charge is 2.29. The molecular formula is C23H22N6O4. The highest BCUT2D eigenvalue weighted by Crippen LogP contribution is 2.25. The Morgan fingerprint density at radius 2 is 2.09 bits per heavy atom. The zero-order valence-corrected chi connectivity index (χ0v) is 17.9. The van der Waals surface area contributed by atoms with Gasteiger partial charge < -0.3 is 25.2 Å². The molecule has 0 bridgehead atoms. The lowest BCUT2D eigenvalue weighted by Crippen LogP contribution is -2.39. The van der Waals surface area contributed by atoms with Gasteiger partial charge in [-0.05, 0) is 35.9 Å². The fraction of sp³-hybridized carbons (Fsp3) is 0.261. The number of carboxylic acids is 1. The molecule has 0 spiro atoms. The average molecular weight is 446 g/mol. The molecule has 3 N–H and O–H groups in total. The van der Waals surface area contributed by atoms with Gasteiger partial charge in [0.2, 0.25) is 5.91 Å². The Hall–Kier alpha value is -4.39. The number of para-hydroxylation sites is 2. The molecule has 10 nitrogen and oxygen atoms in total. The molecule has 2 heterocycles. The molecule has 3 aromatic rings. The molecule has 4 rings (SSSR count). The maximum absolute atomic E-state index is 13.2. The minimum Gasteiger partial charge on any atom is -0.481 e. The largest absolute Gasteiger partial charge is 0.481 e. The molecule has 0 fully saturated rings. The third-order valence-electron chi connectivity index (χ3n) is 5.47. The van der Waals surface area contributed by atoms with Crippen molar-refractivity contribution in [3.05, 3.63) is 59.4 Å². The molecule has 2 aromatic carbocycles. The molecule has 0 aliphatic carbocycles. The average Bonchev–Trinajstić information content (AvgIpc) is 3.15. The molecule has 0 saturated heterocycles. The van der Waals surface area contributed by atoms with E-state index in [4.69, 9.17) is 5.11 Å². The van der Waals surface area contributed by atoms with Crippen molar-refractivity contribution in [2.24, 2.45) is 0 Å². The van der Waals surface area contributed by atoms with Crippen LogP contribution in [0.5, 0.6) is 0 Å². The third-order valence-corrected chi connectivity index (χ3v) is 5.47. The van der Waals surface area contributed by atoms with E-state index in [1.165, 1.54) is 9.80 Å². The number of carbonyl (C=O) groups excluding carboxylic acids is 2. The first-order valence-corrected chi connectivity index (χ1v) is 10.3. The Balaban J connectivity index is 1.59. The summed E-state index contributed by atoms with van der Waals surface area (Å²) in [6, 6.07) is 13.6. The molecule has 168 valence electrons. The lowest BCUT2D eigenvalue weighted by Gasteiger charge is -2.20. The van der Waals surface area contributed by atoms with Gasteiger partial charge in [0.15, 0.2) is 0 Å². The molecule has 1 aromatic heterocycles. The van der Waals surface area contributed by atoms with Crippen LogP contribution in [0.4, 0.5) is 5.69 Å². The number of nitrogens with one attached hydrogen (secondary N) is 2. The molecule has 1 aliphatic rings. The van der Waals surface area contributed by atoms with Gasteiger partial charge in [0, 0.05) is 24.8 Å². The number of hydrogen-bond donors (Lipinski definition) is 3. The van der Waals surface area contributed by atoms with Gasteiger partial charge in [-0.3, -0.25) is 14.4 Å². The highest BCUT2D eigenvalue weighted by molar-refractivity contribution is 5.96. The SMILES string of the molecule is CN1Cc2cc(C(=O)N(CC#N)Cc3nc4ccccc4[nH]3)ccc2N[C@@H](CC(=O)O)C1=O. The lowest BCUT2D eigenvalue weighted by molar-refractivity contribution is -0.141. The van der Waals surface area contributed by atoms with Crippen LogP contribution in [0.1, 0.15) is 28.2 Å². The molecule has 0 radical (unpaired) electrons. The van der Waals surface area contributed by atoms with Gasteiger partial charge in [-0.2, -0.15) is 5.26 Å². The van der Waals surface area contributed by atoms with Gasteiger partial charge in [0.1, 0.15) is 18.4 Å². The number of rotatable bonds is 6. The molecule has 10 heteroatoms. The fourth-order valence-electron chi connectivity index (χ4n) is 3.89. The Labute approximate surface area is 189 Å². The van der Waals surface area contributed by atoms with Crippen molar-refractivity contribution in [3.63, 3.8) is 0 Å². The van der Waals surface area contributed by atoms with E-state index >= 15 is 0 Å². The molecule has 0 saturated carbocycles. The number of benzene rings is 2. The topological polar surface area (TPSA) is 142 Å². The number of likely N-dealkylation sites (N-methyl/N-ethyl adjacent to an activating group) is 1. The predicted octanol–water partition coefficient (Wildman–Crippen LogP) is 1.96. The zero-order chi connectivity index (χ0) is 23.5. The number of hydrogen-bond acceptors (Lipinski definition) is 6.